The molecule has 1 aliphatic rings. The maximum Gasteiger partial charge on any atom is 0.336 e. The molecule has 0 bridgehead atoms. The van der Waals surface area contributed by atoms with Crippen LogP contribution in [0.15, 0.2) is 50.0 Å². The number of methoxy groups -OCH3 is 1. The molecule has 0 aliphatic heterocycles. The van der Waals surface area contributed by atoms with Gasteiger partial charge in [-0.05, 0) is 68.0 Å². The van der Waals surface area contributed by atoms with Gasteiger partial charge in [-0.25, -0.2) is 4.79 Å². The minimum Gasteiger partial charge on any atom is -0.497 e. The van der Waals surface area contributed by atoms with Gasteiger partial charge < -0.3 is 13.6 Å². The van der Waals surface area contributed by atoms with Crippen molar-refractivity contribution in [3.63, 3.8) is 0 Å². The van der Waals surface area contributed by atoms with Gasteiger partial charge in [0.15, 0.2) is 0 Å². The molecule has 0 saturated heterocycles. The molecule has 2 aromatic carbocycles. The minimum absolute atomic E-state index is 0.356. The van der Waals surface area contributed by atoms with Crippen LogP contribution in [0, 0.1) is 6.92 Å². The third-order valence-corrected chi connectivity index (χ3v) is 5.60. The topological polar surface area (TPSA) is 52.6 Å². The molecule has 136 valence electrons. The van der Waals surface area contributed by atoms with Crippen LogP contribution >= 0.6 is 0 Å². The van der Waals surface area contributed by atoms with Crippen molar-refractivity contribution in [1.82, 2.24) is 0 Å². The van der Waals surface area contributed by atoms with Crippen molar-refractivity contribution in [2.45, 2.75) is 32.6 Å². The lowest BCUT2D eigenvalue weighted by Crippen LogP contribution is -2.04. The van der Waals surface area contributed by atoms with Crippen LogP contribution in [0.2, 0.25) is 0 Å². The summed E-state index contributed by atoms with van der Waals surface area (Å²) in [6.45, 7) is 2.02. The molecule has 0 saturated carbocycles. The van der Waals surface area contributed by atoms with Crippen LogP contribution in [0.4, 0.5) is 0 Å². The Morgan fingerprint density at radius 2 is 1.63 bits per heavy atom. The van der Waals surface area contributed by atoms with Gasteiger partial charge in [-0.3, -0.25) is 0 Å². The fraction of sp³-hybridized carbons (Fsp3) is 0.261. The van der Waals surface area contributed by atoms with E-state index in [0.717, 1.165) is 46.1 Å². The molecule has 0 amide bonds. The zero-order chi connectivity index (χ0) is 18.5. The second kappa shape index (κ2) is 6.02. The van der Waals surface area contributed by atoms with Gasteiger partial charge in [0.25, 0.3) is 0 Å². The zero-order valence-electron chi connectivity index (χ0n) is 15.4. The summed E-state index contributed by atoms with van der Waals surface area (Å²) >= 11 is 0. The molecule has 2 aromatic heterocycles. The Balaban J connectivity index is 1.80. The Kier molecular flexibility index (Phi) is 3.61. The molecule has 1 aliphatic carbocycles. The van der Waals surface area contributed by atoms with Gasteiger partial charge in [0, 0.05) is 34.0 Å². The second-order valence-electron chi connectivity index (χ2n) is 7.22. The summed E-state index contributed by atoms with van der Waals surface area (Å²) in [4.78, 5) is 12.2. The van der Waals surface area contributed by atoms with Gasteiger partial charge in [-0.1, -0.05) is 0 Å². The minimum atomic E-state index is -0.356. The van der Waals surface area contributed by atoms with E-state index in [1.54, 1.807) is 13.2 Å². The van der Waals surface area contributed by atoms with Gasteiger partial charge in [-0.15, -0.1) is 0 Å². The lowest BCUT2D eigenvalue weighted by Gasteiger charge is -2.16. The van der Waals surface area contributed by atoms with Crippen LogP contribution in [0.3, 0.4) is 0 Å². The summed E-state index contributed by atoms with van der Waals surface area (Å²) in [5.41, 5.74) is 5.47. The number of rotatable bonds is 2. The standard InChI is InChI=1S/C23H20O4/c1-13-17-8-7-16(25-2)11-21(17)27-23(13)19-12-22(24)26-20-10-15-6-4-3-5-14(15)9-18(19)20/h7-12H,3-6H2,1-2H3. The van der Waals surface area contributed by atoms with Crippen LogP contribution in [0.1, 0.15) is 29.5 Å². The van der Waals surface area contributed by atoms with Crippen molar-refractivity contribution >= 4 is 21.9 Å². The van der Waals surface area contributed by atoms with Crippen LogP contribution in [0.25, 0.3) is 33.3 Å². The summed E-state index contributed by atoms with van der Waals surface area (Å²) in [6, 6.07) is 11.5. The van der Waals surface area contributed by atoms with Gasteiger partial charge in [0.1, 0.15) is 22.7 Å². The predicted octanol–water partition coefficient (Wildman–Crippen LogP) is 5.40. The molecular formula is C23H20O4. The molecule has 27 heavy (non-hydrogen) atoms. The number of hydrogen-bond acceptors (Lipinski definition) is 4. The molecule has 0 N–H and O–H groups in total. The highest BCUT2D eigenvalue weighted by Crippen LogP contribution is 2.38. The zero-order valence-corrected chi connectivity index (χ0v) is 15.4. The Hall–Kier alpha value is -3.01. The summed E-state index contributed by atoms with van der Waals surface area (Å²) in [7, 11) is 1.64. The lowest BCUT2D eigenvalue weighted by molar-refractivity contribution is 0.414. The molecule has 0 unspecified atom stereocenters. The van der Waals surface area contributed by atoms with Gasteiger partial charge in [-0.2, -0.15) is 0 Å². The Morgan fingerprint density at radius 1 is 0.889 bits per heavy atom. The van der Waals surface area contributed by atoms with Crippen molar-refractivity contribution in [3.8, 4) is 17.1 Å². The van der Waals surface area contributed by atoms with Gasteiger partial charge in [0.2, 0.25) is 0 Å². The monoisotopic (exact) mass is 360 g/mol. The van der Waals surface area contributed by atoms with Crippen LogP contribution < -0.4 is 10.4 Å². The first-order valence-electron chi connectivity index (χ1n) is 9.31. The normalized spacial score (nSPS) is 13.9. The number of ether oxygens (including phenoxy) is 1. The Labute approximate surface area is 156 Å². The summed E-state index contributed by atoms with van der Waals surface area (Å²) in [5.74, 6) is 1.46. The summed E-state index contributed by atoms with van der Waals surface area (Å²) in [5, 5.41) is 1.95. The molecule has 0 spiro atoms. The second-order valence-corrected chi connectivity index (χ2v) is 7.22. The van der Waals surface area contributed by atoms with E-state index in [1.165, 1.54) is 24.0 Å². The highest BCUT2D eigenvalue weighted by molar-refractivity contribution is 5.97. The molecular weight excluding hydrogens is 340 g/mol. The highest BCUT2D eigenvalue weighted by Gasteiger charge is 2.19. The third kappa shape index (κ3) is 2.55. The van der Waals surface area contributed by atoms with E-state index in [-0.39, 0.29) is 5.63 Å². The average molecular weight is 360 g/mol. The van der Waals surface area contributed by atoms with E-state index in [2.05, 4.69) is 6.07 Å². The van der Waals surface area contributed by atoms with Crippen LogP contribution in [0.5, 0.6) is 5.75 Å². The van der Waals surface area contributed by atoms with E-state index < -0.39 is 0 Å². The van der Waals surface area contributed by atoms with Crippen molar-refractivity contribution in [3.05, 3.63) is 63.5 Å². The first kappa shape index (κ1) is 16.2. The number of benzene rings is 2. The van der Waals surface area contributed by atoms with Crippen molar-refractivity contribution in [1.29, 1.82) is 0 Å². The number of furan rings is 1. The van der Waals surface area contributed by atoms with Crippen LogP contribution in [-0.2, 0) is 12.8 Å². The maximum absolute atomic E-state index is 12.2. The first-order valence-corrected chi connectivity index (χ1v) is 9.31. The first-order chi connectivity index (χ1) is 13.1. The smallest absolute Gasteiger partial charge is 0.336 e. The number of hydrogen-bond donors (Lipinski definition) is 0. The Bertz CT molecular complexity index is 1240. The van der Waals surface area contributed by atoms with E-state index in [9.17, 15) is 4.79 Å². The van der Waals surface area contributed by atoms with Crippen molar-refractivity contribution in [2.24, 2.45) is 0 Å². The van der Waals surface area contributed by atoms with Gasteiger partial charge in [0.05, 0.1) is 7.11 Å². The number of aryl methyl sites for hydroxylation is 3. The SMILES string of the molecule is COc1ccc2c(C)c(-c3cc(=O)oc4cc5c(cc34)CCCC5)oc2c1. The number of fused-ring (bicyclic) bond motifs is 3. The van der Waals surface area contributed by atoms with Crippen molar-refractivity contribution < 1.29 is 13.6 Å². The molecule has 4 nitrogen and oxygen atoms in total. The predicted molar refractivity (Wildman–Crippen MR) is 106 cm³/mol. The maximum atomic E-state index is 12.2. The largest absolute Gasteiger partial charge is 0.497 e. The van der Waals surface area contributed by atoms with E-state index in [4.69, 9.17) is 13.6 Å². The average Bonchev–Trinajstić information content (AvgIpc) is 3.01. The molecule has 0 atom stereocenters. The van der Waals surface area contributed by atoms with Gasteiger partial charge >= 0.3 is 5.63 Å². The van der Waals surface area contributed by atoms with E-state index in [1.807, 2.05) is 31.2 Å². The molecule has 0 radical (unpaired) electrons. The van der Waals surface area contributed by atoms with Crippen LogP contribution in [-0.4, -0.2) is 7.11 Å². The highest BCUT2D eigenvalue weighted by atomic mass is 16.5. The molecule has 2 heterocycles. The Morgan fingerprint density at radius 3 is 2.41 bits per heavy atom. The third-order valence-electron chi connectivity index (χ3n) is 5.60. The van der Waals surface area contributed by atoms with E-state index >= 15 is 0 Å². The molecule has 0 fully saturated rings. The quantitative estimate of drug-likeness (QED) is 0.449. The summed E-state index contributed by atoms with van der Waals surface area (Å²) in [6.07, 6.45) is 4.50. The van der Waals surface area contributed by atoms with E-state index in [0.29, 0.717) is 11.3 Å². The lowest BCUT2D eigenvalue weighted by atomic mass is 9.89. The molecule has 4 heteroatoms. The summed E-state index contributed by atoms with van der Waals surface area (Å²) < 4.78 is 17.0. The fourth-order valence-corrected chi connectivity index (χ4v) is 4.17. The molecule has 5 rings (SSSR count). The molecule has 4 aromatic rings. The van der Waals surface area contributed by atoms with Crippen molar-refractivity contribution in [2.75, 3.05) is 7.11 Å². The fourth-order valence-electron chi connectivity index (χ4n) is 4.17.